The van der Waals surface area contributed by atoms with Crippen LogP contribution in [0.5, 0.6) is 0 Å². The minimum Gasteiger partial charge on any atom is -0.382 e. The van der Waals surface area contributed by atoms with Crippen LogP contribution in [-0.4, -0.2) is 22.4 Å². The lowest BCUT2D eigenvalue weighted by molar-refractivity contribution is -0.130. The molecule has 0 radical (unpaired) electrons. The molecule has 3 heteroatoms. The molecular weight excluding hydrogens is 152 g/mol. The summed E-state index contributed by atoms with van der Waals surface area (Å²) in [5.74, 6) is -0.111. The molecule has 0 aromatic heterocycles. The van der Waals surface area contributed by atoms with E-state index in [2.05, 4.69) is 6.58 Å². The number of carbonyl (C=O) groups is 1. The van der Waals surface area contributed by atoms with E-state index in [1.54, 1.807) is 0 Å². The van der Waals surface area contributed by atoms with Gasteiger partial charge in [0.1, 0.15) is 5.60 Å². The fourth-order valence-corrected chi connectivity index (χ4v) is 0.895. The highest BCUT2D eigenvalue weighted by Gasteiger charge is 2.26. The smallest absolute Gasteiger partial charge is 0.186 e. The van der Waals surface area contributed by atoms with Gasteiger partial charge in [-0.3, -0.25) is 4.79 Å². The van der Waals surface area contributed by atoms with Gasteiger partial charge in [-0.05, 0) is 19.4 Å². The molecule has 0 aromatic rings. The van der Waals surface area contributed by atoms with E-state index in [9.17, 15) is 9.90 Å². The average molecular weight is 163 g/mol. The van der Waals surface area contributed by atoms with Gasteiger partial charge in [0.25, 0.3) is 0 Å². The second-order valence-corrected chi connectivity index (χ2v) is 2.66. The van der Waals surface area contributed by atoms with Gasteiger partial charge in [-0.15, -0.1) is 11.6 Å². The van der Waals surface area contributed by atoms with Crippen molar-refractivity contribution in [1.82, 2.24) is 0 Å². The molecule has 2 nitrogen and oxygen atoms in total. The number of alkyl halides is 1. The van der Waals surface area contributed by atoms with Gasteiger partial charge in [-0.25, -0.2) is 0 Å². The molecule has 0 heterocycles. The fourth-order valence-electron chi connectivity index (χ4n) is 0.527. The van der Waals surface area contributed by atoms with E-state index in [-0.39, 0.29) is 18.1 Å². The molecule has 0 fully saturated rings. The van der Waals surface area contributed by atoms with Gasteiger partial charge in [0, 0.05) is 5.88 Å². The number of aliphatic hydroxyl groups is 1. The first kappa shape index (κ1) is 9.66. The van der Waals surface area contributed by atoms with Gasteiger partial charge in [0.05, 0.1) is 0 Å². The predicted octanol–water partition coefficient (Wildman–Crippen LogP) is 1.12. The Bertz CT molecular complexity index is 141. The summed E-state index contributed by atoms with van der Waals surface area (Å²) in [6.45, 7) is 4.69. The van der Waals surface area contributed by atoms with E-state index in [1.165, 1.54) is 6.92 Å². The van der Waals surface area contributed by atoms with E-state index in [0.29, 0.717) is 0 Å². The number of carbonyl (C=O) groups excluding carboxylic acids is 1. The molecule has 0 aliphatic heterocycles. The number of ketones is 1. The van der Waals surface area contributed by atoms with Crippen LogP contribution < -0.4 is 0 Å². The van der Waals surface area contributed by atoms with Crippen LogP contribution >= 0.6 is 11.6 Å². The quantitative estimate of drug-likeness (QED) is 0.497. The molecule has 0 aliphatic rings. The van der Waals surface area contributed by atoms with Gasteiger partial charge >= 0.3 is 0 Å². The molecule has 1 atom stereocenters. The summed E-state index contributed by atoms with van der Waals surface area (Å²) in [7, 11) is 0. The van der Waals surface area contributed by atoms with Crippen molar-refractivity contribution in [3.63, 3.8) is 0 Å². The standard InChI is InChI=1S/C7H11ClO2/c1-3-6(9)7(2,10)4-5-8/h3,10H,1,4-5H2,2H3. The van der Waals surface area contributed by atoms with Crippen LogP contribution in [-0.2, 0) is 4.79 Å². The third kappa shape index (κ3) is 2.50. The molecule has 0 amide bonds. The van der Waals surface area contributed by atoms with Crippen molar-refractivity contribution in [1.29, 1.82) is 0 Å². The topological polar surface area (TPSA) is 37.3 Å². The molecule has 1 unspecified atom stereocenters. The third-order valence-corrected chi connectivity index (χ3v) is 1.49. The first-order valence-electron chi connectivity index (χ1n) is 3.00. The maximum atomic E-state index is 10.8. The molecule has 58 valence electrons. The summed E-state index contributed by atoms with van der Waals surface area (Å²) >= 11 is 5.34. The van der Waals surface area contributed by atoms with Crippen molar-refractivity contribution in [2.24, 2.45) is 0 Å². The summed E-state index contributed by atoms with van der Waals surface area (Å²) in [5, 5.41) is 9.28. The van der Waals surface area contributed by atoms with Gasteiger partial charge in [0.15, 0.2) is 5.78 Å². The van der Waals surface area contributed by atoms with Crippen LogP contribution in [0.25, 0.3) is 0 Å². The predicted molar refractivity (Wildman–Crippen MR) is 41.2 cm³/mol. The summed E-state index contributed by atoms with van der Waals surface area (Å²) in [4.78, 5) is 10.8. The summed E-state index contributed by atoms with van der Waals surface area (Å²) < 4.78 is 0. The largest absolute Gasteiger partial charge is 0.382 e. The molecule has 0 aromatic carbocycles. The van der Waals surface area contributed by atoms with Crippen LogP contribution in [0, 0.1) is 0 Å². The van der Waals surface area contributed by atoms with Crippen LogP contribution in [0.4, 0.5) is 0 Å². The third-order valence-electron chi connectivity index (χ3n) is 1.30. The van der Waals surface area contributed by atoms with Crippen molar-refractivity contribution >= 4 is 17.4 Å². The van der Waals surface area contributed by atoms with Crippen LogP contribution in [0.15, 0.2) is 12.7 Å². The second-order valence-electron chi connectivity index (χ2n) is 2.28. The van der Waals surface area contributed by atoms with Crippen molar-refractivity contribution < 1.29 is 9.90 Å². The van der Waals surface area contributed by atoms with Crippen molar-refractivity contribution in [2.75, 3.05) is 5.88 Å². The highest BCUT2D eigenvalue weighted by molar-refractivity contribution is 6.18. The zero-order valence-electron chi connectivity index (χ0n) is 5.93. The lowest BCUT2D eigenvalue weighted by Crippen LogP contribution is -2.33. The van der Waals surface area contributed by atoms with E-state index >= 15 is 0 Å². The molecule has 1 N–H and O–H groups in total. The Hall–Kier alpha value is -0.340. The lowest BCUT2D eigenvalue weighted by atomic mass is 9.98. The van der Waals surface area contributed by atoms with Gasteiger partial charge < -0.3 is 5.11 Å². The van der Waals surface area contributed by atoms with E-state index in [4.69, 9.17) is 11.6 Å². The lowest BCUT2D eigenvalue weighted by Gasteiger charge is -2.17. The van der Waals surface area contributed by atoms with Crippen LogP contribution in [0.1, 0.15) is 13.3 Å². The number of hydrogen-bond donors (Lipinski definition) is 1. The first-order chi connectivity index (χ1) is 4.54. The Morgan fingerprint density at radius 1 is 1.90 bits per heavy atom. The first-order valence-corrected chi connectivity index (χ1v) is 3.53. The second kappa shape index (κ2) is 3.74. The van der Waals surface area contributed by atoms with E-state index in [1.807, 2.05) is 0 Å². The van der Waals surface area contributed by atoms with Crippen LogP contribution in [0.3, 0.4) is 0 Å². The van der Waals surface area contributed by atoms with Crippen molar-refractivity contribution in [3.05, 3.63) is 12.7 Å². The molecule has 0 saturated carbocycles. The van der Waals surface area contributed by atoms with Gasteiger partial charge in [-0.2, -0.15) is 0 Å². The fraction of sp³-hybridized carbons (Fsp3) is 0.571. The average Bonchev–Trinajstić information content (AvgIpc) is 1.86. The molecule has 0 spiro atoms. The van der Waals surface area contributed by atoms with Crippen LogP contribution in [0.2, 0.25) is 0 Å². The SMILES string of the molecule is C=CC(=O)C(C)(O)CCCl. The zero-order chi connectivity index (χ0) is 8.20. The molecular formula is C7H11ClO2. The molecule has 0 bridgehead atoms. The Balaban J connectivity index is 4.08. The van der Waals surface area contributed by atoms with Crippen molar-refractivity contribution in [2.45, 2.75) is 18.9 Å². The Kier molecular flexibility index (Phi) is 3.61. The molecule has 0 rings (SSSR count). The van der Waals surface area contributed by atoms with Gasteiger partial charge in [-0.1, -0.05) is 6.58 Å². The van der Waals surface area contributed by atoms with E-state index in [0.717, 1.165) is 6.08 Å². The number of hydrogen-bond acceptors (Lipinski definition) is 2. The molecule has 0 saturated heterocycles. The van der Waals surface area contributed by atoms with Gasteiger partial charge in [0.2, 0.25) is 0 Å². The maximum absolute atomic E-state index is 10.8. The monoisotopic (exact) mass is 162 g/mol. The molecule has 0 aliphatic carbocycles. The minimum absolute atomic E-state index is 0.263. The number of halogens is 1. The zero-order valence-corrected chi connectivity index (χ0v) is 6.69. The van der Waals surface area contributed by atoms with Crippen molar-refractivity contribution in [3.8, 4) is 0 Å². The minimum atomic E-state index is -1.33. The normalized spacial score (nSPS) is 15.9. The Labute approximate surface area is 65.5 Å². The summed E-state index contributed by atoms with van der Waals surface area (Å²) in [6, 6.07) is 0. The summed E-state index contributed by atoms with van der Waals surface area (Å²) in [6.07, 6.45) is 1.37. The molecule has 10 heavy (non-hydrogen) atoms. The highest BCUT2D eigenvalue weighted by atomic mass is 35.5. The highest BCUT2D eigenvalue weighted by Crippen LogP contribution is 2.11. The van der Waals surface area contributed by atoms with E-state index < -0.39 is 5.60 Å². The Morgan fingerprint density at radius 2 is 2.40 bits per heavy atom. The summed E-state index contributed by atoms with van der Waals surface area (Å²) in [5.41, 5.74) is -1.33. The Morgan fingerprint density at radius 3 is 2.70 bits per heavy atom. The maximum Gasteiger partial charge on any atom is 0.186 e. The number of rotatable bonds is 4.